The van der Waals surface area contributed by atoms with Crippen molar-refractivity contribution in [3.05, 3.63) is 58.6 Å². The fourth-order valence-electron chi connectivity index (χ4n) is 3.46. The van der Waals surface area contributed by atoms with Crippen molar-refractivity contribution < 1.29 is 22.7 Å². The van der Waals surface area contributed by atoms with Crippen LogP contribution in [0.5, 0.6) is 5.75 Å². The molecule has 35 heavy (non-hydrogen) atoms. The van der Waals surface area contributed by atoms with E-state index in [0.717, 1.165) is 16.1 Å². The number of carbonyl (C=O) groups is 2. The zero-order valence-corrected chi connectivity index (χ0v) is 22.6. The molecular formula is C25H34ClN3O5S. The van der Waals surface area contributed by atoms with Gasteiger partial charge in [-0.1, -0.05) is 37.6 Å². The van der Waals surface area contributed by atoms with E-state index in [1.807, 2.05) is 13.8 Å². The number of aryl methyl sites for hydroxylation is 1. The van der Waals surface area contributed by atoms with Gasteiger partial charge in [0.25, 0.3) is 0 Å². The number of amides is 2. The minimum absolute atomic E-state index is 0.121. The van der Waals surface area contributed by atoms with E-state index in [9.17, 15) is 18.0 Å². The van der Waals surface area contributed by atoms with Crippen LogP contribution in [0.15, 0.2) is 42.5 Å². The molecule has 1 N–H and O–H groups in total. The second kappa shape index (κ2) is 12.3. The Bertz CT molecular complexity index is 1140. The Hall–Kier alpha value is -2.78. The zero-order valence-electron chi connectivity index (χ0n) is 21.0. The predicted molar refractivity (Wildman–Crippen MR) is 139 cm³/mol. The molecule has 0 spiro atoms. The van der Waals surface area contributed by atoms with Gasteiger partial charge in [0.2, 0.25) is 21.8 Å². The lowest BCUT2D eigenvalue weighted by molar-refractivity contribution is -0.139. The topological polar surface area (TPSA) is 96.0 Å². The summed E-state index contributed by atoms with van der Waals surface area (Å²) in [5.41, 5.74) is 1.74. The number of halogens is 1. The smallest absolute Gasteiger partial charge is 0.244 e. The Morgan fingerprint density at radius 1 is 1.09 bits per heavy atom. The maximum Gasteiger partial charge on any atom is 0.244 e. The summed E-state index contributed by atoms with van der Waals surface area (Å²) in [7, 11) is -2.25. The first-order valence-electron chi connectivity index (χ1n) is 11.3. The third-order valence-corrected chi connectivity index (χ3v) is 6.83. The van der Waals surface area contributed by atoms with Gasteiger partial charge in [0.05, 0.1) is 19.1 Å². The van der Waals surface area contributed by atoms with Crippen LogP contribution in [0, 0.1) is 12.8 Å². The molecular weight excluding hydrogens is 490 g/mol. The molecule has 0 saturated carbocycles. The van der Waals surface area contributed by atoms with E-state index in [2.05, 4.69) is 5.32 Å². The van der Waals surface area contributed by atoms with Gasteiger partial charge in [-0.2, -0.15) is 0 Å². The SMILES string of the molecule is COc1ccc(CN(C(=O)CN(c2ccc(Cl)cc2C)S(C)(=O)=O)C(C)C(=O)NCC(C)C)cc1. The summed E-state index contributed by atoms with van der Waals surface area (Å²) >= 11 is 6.04. The first-order valence-corrected chi connectivity index (χ1v) is 13.5. The van der Waals surface area contributed by atoms with Crippen LogP contribution in [0.2, 0.25) is 5.02 Å². The third kappa shape index (κ3) is 8.14. The molecule has 1 unspecified atom stereocenters. The number of sulfonamides is 1. The highest BCUT2D eigenvalue weighted by molar-refractivity contribution is 7.92. The fraction of sp³-hybridized carbons (Fsp3) is 0.440. The highest BCUT2D eigenvalue weighted by Crippen LogP contribution is 2.26. The largest absolute Gasteiger partial charge is 0.497 e. The van der Waals surface area contributed by atoms with Crippen molar-refractivity contribution in [1.29, 1.82) is 0 Å². The molecule has 2 aromatic rings. The molecule has 8 nitrogen and oxygen atoms in total. The molecule has 2 rings (SSSR count). The summed E-state index contributed by atoms with van der Waals surface area (Å²) in [4.78, 5) is 27.8. The molecule has 0 aliphatic heterocycles. The van der Waals surface area contributed by atoms with Crippen LogP contribution in [-0.4, -0.2) is 57.6 Å². The van der Waals surface area contributed by atoms with Gasteiger partial charge in [-0.05, 0) is 61.2 Å². The summed E-state index contributed by atoms with van der Waals surface area (Å²) in [6.07, 6.45) is 1.04. The van der Waals surface area contributed by atoms with Crippen LogP contribution < -0.4 is 14.4 Å². The molecule has 0 bridgehead atoms. The number of rotatable bonds is 11. The van der Waals surface area contributed by atoms with E-state index in [1.54, 1.807) is 63.4 Å². The van der Waals surface area contributed by atoms with Gasteiger partial charge in [-0.25, -0.2) is 8.42 Å². The minimum Gasteiger partial charge on any atom is -0.497 e. The maximum absolute atomic E-state index is 13.6. The lowest BCUT2D eigenvalue weighted by Crippen LogP contribution is -2.51. The van der Waals surface area contributed by atoms with Gasteiger partial charge in [0.15, 0.2) is 0 Å². The highest BCUT2D eigenvalue weighted by atomic mass is 35.5. The number of ether oxygens (including phenoxy) is 1. The van der Waals surface area contributed by atoms with Gasteiger partial charge < -0.3 is 15.0 Å². The van der Waals surface area contributed by atoms with Gasteiger partial charge in [0.1, 0.15) is 18.3 Å². The molecule has 192 valence electrons. The summed E-state index contributed by atoms with van der Waals surface area (Å²) in [5.74, 6) is 0.0863. The Labute approximate surface area is 213 Å². The molecule has 0 aliphatic carbocycles. The van der Waals surface area contributed by atoms with Crippen LogP contribution in [0.25, 0.3) is 0 Å². The number of benzene rings is 2. The highest BCUT2D eigenvalue weighted by Gasteiger charge is 2.30. The minimum atomic E-state index is -3.81. The van der Waals surface area contributed by atoms with Gasteiger partial charge in [0, 0.05) is 18.1 Å². The lowest BCUT2D eigenvalue weighted by atomic mass is 10.1. The molecule has 0 saturated heterocycles. The normalized spacial score (nSPS) is 12.2. The third-order valence-electron chi connectivity index (χ3n) is 5.47. The van der Waals surface area contributed by atoms with Crippen molar-refractivity contribution >= 4 is 39.1 Å². The Balaban J connectivity index is 2.39. The molecule has 0 aromatic heterocycles. The molecule has 2 aromatic carbocycles. The van der Waals surface area contributed by atoms with Crippen LogP contribution in [0.4, 0.5) is 5.69 Å². The standard InChI is InChI=1S/C25H34ClN3O5S/c1-17(2)14-27-25(31)19(4)28(15-20-7-10-22(34-5)11-8-20)24(30)16-29(35(6,32)33)23-12-9-21(26)13-18(23)3/h7-13,17,19H,14-16H2,1-6H3,(H,27,31). The Morgan fingerprint density at radius 3 is 2.23 bits per heavy atom. The van der Waals surface area contributed by atoms with Crippen molar-refractivity contribution in [3.8, 4) is 5.75 Å². The first kappa shape index (κ1) is 28.5. The fourth-order valence-corrected chi connectivity index (χ4v) is 4.59. The predicted octanol–water partition coefficient (Wildman–Crippen LogP) is 3.61. The van der Waals surface area contributed by atoms with Crippen LogP contribution in [0.3, 0.4) is 0 Å². The van der Waals surface area contributed by atoms with Crippen molar-refractivity contribution in [2.24, 2.45) is 5.92 Å². The average molecular weight is 524 g/mol. The van der Waals surface area contributed by atoms with Crippen LogP contribution >= 0.6 is 11.6 Å². The quantitative estimate of drug-likeness (QED) is 0.485. The lowest BCUT2D eigenvalue weighted by Gasteiger charge is -2.32. The Morgan fingerprint density at radius 2 is 1.71 bits per heavy atom. The summed E-state index contributed by atoms with van der Waals surface area (Å²) in [6.45, 7) is 7.44. The zero-order chi connectivity index (χ0) is 26.3. The molecule has 2 amide bonds. The summed E-state index contributed by atoms with van der Waals surface area (Å²) < 4.78 is 31.6. The Kier molecular flexibility index (Phi) is 9.97. The number of anilines is 1. The van der Waals surface area contributed by atoms with E-state index in [0.29, 0.717) is 28.6 Å². The number of methoxy groups -OCH3 is 1. The van der Waals surface area contributed by atoms with E-state index >= 15 is 0 Å². The van der Waals surface area contributed by atoms with Crippen molar-refractivity contribution in [2.45, 2.75) is 40.3 Å². The number of hydrogen-bond acceptors (Lipinski definition) is 5. The van der Waals surface area contributed by atoms with Crippen LogP contribution in [0.1, 0.15) is 31.9 Å². The molecule has 0 radical (unpaired) electrons. The van der Waals surface area contributed by atoms with Crippen molar-refractivity contribution in [1.82, 2.24) is 10.2 Å². The van der Waals surface area contributed by atoms with Crippen LogP contribution in [-0.2, 0) is 26.2 Å². The number of nitrogens with zero attached hydrogens (tertiary/aromatic N) is 2. The van der Waals surface area contributed by atoms with Gasteiger partial charge in [-0.15, -0.1) is 0 Å². The monoisotopic (exact) mass is 523 g/mol. The summed E-state index contributed by atoms with van der Waals surface area (Å²) in [6, 6.07) is 11.1. The second-order valence-electron chi connectivity index (χ2n) is 8.89. The van der Waals surface area contributed by atoms with E-state index in [1.165, 1.54) is 4.90 Å². The van der Waals surface area contributed by atoms with E-state index in [4.69, 9.17) is 16.3 Å². The molecule has 0 fully saturated rings. The summed E-state index contributed by atoms with van der Waals surface area (Å²) in [5, 5.41) is 3.31. The number of nitrogens with one attached hydrogen (secondary N) is 1. The van der Waals surface area contributed by atoms with Crippen molar-refractivity contribution in [2.75, 3.05) is 30.8 Å². The van der Waals surface area contributed by atoms with E-state index in [-0.39, 0.29) is 18.4 Å². The second-order valence-corrected chi connectivity index (χ2v) is 11.2. The molecule has 10 heteroatoms. The molecule has 0 heterocycles. The molecule has 0 aliphatic rings. The van der Waals surface area contributed by atoms with Crippen molar-refractivity contribution in [3.63, 3.8) is 0 Å². The number of carbonyl (C=O) groups excluding carboxylic acids is 2. The molecule has 1 atom stereocenters. The average Bonchev–Trinajstić information content (AvgIpc) is 2.79. The number of hydrogen-bond donors (Lipinski definition) is 1. The van der Waals surface area contributed by atoms with Gasteiger partial charge in [-0.3, -0.25) is 13.9 Å². The first-order chi connectivity index (χ1) is 16.3. The van der Waals surface area contributed by atoms with E-state index < -0.39 is 28.5 Å². The maximum atomic E-state index is 13.6. The van der Waals surface area contributed by atoms with Gasteiger partial charge >= 0.3 is 0 Å².